The van der Waals surface area contributed by atoms with Gasteiger partial charge >= 0.3 is 0 Å². The zero-order valence-electron chi connectivity index (χ0n) is 10.7. The molecular formula is C11H16N6O2. The van der Waals surface area contributed by atoms with Gasteiger partial charge in [0.05, 0.1) is 19.1 Å². The van der Waals surface area contributed by atoms with Crippen molar-refractivity contribution in [2.75, 3.05) is 13.7 Å². The lowest BCUT2D eigenvalue weighted by molar-refractivity contribution is 0.0945. The summed E-state index contributed by atoms with van der Waals surface area (Å²) in [6.07, 6.45) is 5.45. The fourth-order valence-electron chi connectivity index (χ4n) is 1.62. The van der Waals surface area contributed by atoms with E-state index in [1.165, 1.54) is 12.5 Å². The van der Waals surface area contributed by atoms with Crippen molar-refractivity contribution in [3.8, 4) is 0 Å². The SMILES string of the molecule is COCCCn1cnnc1CNC(=O)c1cnc[nH]1. The van der Waals surface area contributed by atoms with Gasteiger partial charge in [-0.15, -0.1) is 10.2 Å². The summed E-state index contributed by atoms with van der Waals surface area (Å²) >= 11 is 0. The van der Waals surface area contributed by atoms with E-state index in [2.05, 4.69) is 25.5 Å². The van der Waals surface area contributed by atoms with Gasteiger partial charge in [-0.3, -0.25) is 4.79 Å². The van der Waals surface area contributed by atoms with E-state index in [0.29, 0.717) is 24.7 Å². The summed E-state index contributed by atoms with van der Waals surface area (Å²) in [7, 11) is 1.66. The predicted molar refractivity (Wildman–Crippen MR) is 66.3 cm³/mol. The maximum absolute atomic E-state index is 11.7. The molecule has 102 valence electrons. The van der Waals surface area contributed by atoms with Crippen LogP contribution in [-0.4, -0.2) is 44.4 Å². The van der Waals surface area contributed by atoms with Crippen LogP contribution in [0.5, 0.6) is 0 Å². The first-order valence-electron chi connectivity index (χ1n) is 5.93. The zero-order valence-corrected chi connectivity index (χ0v) is 10.7. The highest BCUT2D eigenvalue weighted by Gasteiger charge is 2.09. The molecule has 2 aromatic heterocycles. The van der Waals surface area contributed by atoms with E-state index in [9.17, 15) is 4.79 Å². The Kier molecular flexibility index (Phi) is 4.62. The third-order valence-corrected chi connectivity index (χ3v) is 2.59. The number of ether oxygens (including phenoxy) is 1. The molecule has 0 saturated carbocycles. The Hall–Kier alpha value is -2.22. The van der Waals surface area contributed by atoms with Crippen molar-refractivity contribution < 1.29 is 9.53 Å². The molecule has 1 amide bonds. The average molecular weight is 264 g/mol. The van der Waals surface area contributed by atoms with Crippen molar-refractivity contribution in [3.05, 3.63) is 30.4 Å². The van der Waals surface area contributed by atoms with Crippen LogP contribution in [0.1, 0.15) is 22.7 Å². The minimum Gasteiger partial charge on any atom is -0.385 e. The van der Waals surface area contributed by atoms with Gasteiger partial charge in [0, 0.05) is 20.3 Å². The molecule has 0 aliphatic carbocycles. The molecule has 0 spiro atoms. The van der Waals surface area contributed by atoms with Gasteiger partial charge in [0.15, 0.2) is 5.82 Å². The molecule has 0 aliphatic heterocycles. The lowest BCUT2D eigenvalue weighted by Crippen LogP contribution is -2.25. The normalized spacial score (nSPS) is 10.6. The molecule has 0 unspecified atom stereocenters. The second-order valence-corrected chi connectivity index (χ2v) is 3.93. The van der Waals surface area contributed by atoms with Crippen molar-refractivity contribution >= 4 is 5.91 Å². The van der Waals surface area contributed by atoms with Crippen LogP contribution in [0.25, 0.3) is 0 Å². The topological polar surface area (TPSA) is 97.7 Å². The number of nitrogens with zero attached hydrogens (tertiary/aromatic N) is 4. The second-order valence-electron chi connectivity index (χ2n) is 3.93. The van der Waals surface area contributed by atoms with Crippen LogP contribution < -0.4 is 5.32 Å². The number of aryl methyl sites for hydroxylation is 1. The number of rotatable bonds is 7. The number of nitrogens with one attached hydrogen (secondary N) is 2. The molecule has 0 fully saturated rings. The van der Waals surface area contributed by atoms with Gasteiger partial charge < -0.3 is 19.6 Å². The Balaban J connectivity index is 1.86. The molecule has 0 aliphatic rings. The number of H-pyrrole nitrogens is 1. The van der Waals surface area contributed by atoms with E-state index in [0.717, 1.165) is 13.0 Å². The van der Waals surface area contributed by atoms with Crippen LogP contribution in [0, 0.1) is 0 Å². The Morgan fingerprint density at radius 2 is 2.47 bits per heavy atom. The Bertz CT molecular complexity index is 507. The minimum absolute atomic E-state index is 0.219. The van der Waals surface area contributed by atoms with Crippen molar-refractivity contribution in [1.82, 2.24) is 30.0 Å². The van der Waals surface area contributed by atoms with Crippen molar-refractivity contribution in [2.24, 2.45) is 0 Å². The smallest absolute Gasteiger partial charge is 0.269 e. The number of carbonyl (C=O) groups is 1. The number of hydrogen-bond donors (Lipinski definition) is 2. The molecule has 2 heterocycles. The fourth-order valence-corrected chi connectivity index (χ4v) is 1.62. The molecular weight excluding hydrogens is 248 g/mol. The Morgan fingerprint density at radius 1 is 1.58 bits per heavy atom. The molecule has 2 N–H and O–H groups in total. The van der Waals surface area contributed by atoms with Gasteiger partial charge in [-0.25, -0.2) is 4.98 Å². The first-order valence-corrected chi connectivity index (χ1v) is 5.93. The largest absolute Gasteiger partial charge is 0.385 e. The summed E-state index contributed by atoms with van der Waals surface area (Å²) in [6.45, 7) is 1.76. The predicted octanol–water partition coefficient (Wildman–Crippen LogP) is -0.0323. The lowest BCUT2D eigenvalue weighted by atomic mass is 10.4. The first-order chi connectivity index (χ1) is 9.31. The van der Waals surface area contributed by atoms with Crippen LogP contribution >= 0.6 is 0 Å². The monoisotopic (exact) mass is 264 g/mol. The standard InChI is InChI=1S/C11H16N6O2/c1-19-4-2-3-17-8-15-16-10(17)6-13-11(18)9-5-12-7-14-9/h5,7-8H,2-4,6H2,1H3,(H,12,14)(H,13,18). The molecule has 8 heteroatoms. The van der Waals surface area contributed by atoms with Crippen LogP contribution in [0.2, 0.25) is 0 Å². The highest BCUT2D eigenvalue weighted by Crippen LogP contribution is 1.98. The molecule has 0 aromatic carbocycles. The van der Waals surface area contributed by atoms with Gasteiger partial charge in [0.2, 0.25) is 0 Å². The molecule has 0 saturated heterocycles. The van der Waals surface area contributed by atoms with Crippen LogP contribution in [0.4, 0.5) is 0 Å². The zero-order chi connectivity index (χ0) is 13.5. The summed E-state index contributed by atoms with van der Waals surface area (Å²) in [4.78, 5) is 18.2. The quantitative estimate of drug-likeness (QED) is 0.684. The van der Waals surface area contributed by atoms with Gasteiger partial charge in [-0.1, -0.05) is 0 Å². The van der Waals surface area contributed by atoms with Crippen molar-refractivity contribution in [3.63, 3.8) is 0 Å². The van der Waals surface area contributed by atoms with Gasteiger partial charge in [-0.2, -0.15) is 0 Å². The van der Waals surface area contributed by atoms with E-state index >= 15 is 0 Å². The van der Waals surface area contributed by atoms with E-state index in [1.807, 2.05) is 4.57 Å². The highest BCUT2D eigenvalue weighted by atomic mass is 16.5. The van der Waals surface area contributed by atoms with E-state index < -0.39 is 0 Å². The number of aromatic nitrogens is 5. The first kappa shape index (κ1) is 13.2. The van der Waals surface area contributed by atoms with E-state index in [4.69, 9.17) is 4.74 Å². The number of hydrogen-bond acceptors (Lipinski definition) is 5. The molecule has 0 atom stereocenters. The highest BCUT2D eigenvalue weighted by molar-refractivity contribution is 5.91. The third-order valence-electron chi connectivity index (χ3n) is 2.59. The Morgan fingerprint density at radius 3 is 3.21 bits per heavy atom. The van der Waals surface area contributed by atoms with Crippen LogP contribution in [-0.2, 0) is 17.8 Å². The maximum atomic E-state index is 11.7. The summed E-state index contributed by atoms with van der Waals surface area (Å²) < 4.78 is 6.89. The fraction of sp³-hybridized carbons (Fsp3) is 0.455. The number of amides is 1. The third kappa shape index (κ3) is 3.62. The molecule has 8 nitrogen and oxygen atoms in total. The van der Waals surface area contributed by atoms with Crippen LogP contribution in [0.3, 0.4) is 0 Å². The molecule has 0 bridgehead atoms. The van der Waals surface area contributed by atoms with E-state index in [-0.39, 0.29) is 5.91 Å². The summed E-state index contributed by atoms with van der Waals surface area (Å²) in [5.41, 5.74) is 0.422. The number of aromatic amines is 1. The summed E-state index contributed by atoms with van der Waals surface area (Å²) in [5.74, 6) is 0.493. The summed E-state index contributed by atoms with van der Waals surface area (Å²) in [5, 5.41) is 10.6. The number of carbonyl (C=O) groups excluding carboxylic acids is 1. The minimum atomic E-state index is -0.219. The lowest BCUT2D eigenvalue weighted by Gasteiger charge is -2.06. The van der Waals surface area contributed by atoms with Crippen LogP contribution in [0.15, 0.2) is 18.9 Å². The maximum Gasteiger partial charge on any atom is 0.269 e. The summed E-state index contributed by atoms with van der Waals surface area (Å²) in [6, 6.07) is 0. The molecule has 0 radical (unpaired) electrons. The van der Waals surface area contributed by atoms with Gasteiger partial charge in [0.25, 0.3) is 5.91 Å². The average Bonchev–Trinajstić information content (AvgIpc) is 3.08. The molecule has 2 aromatic rings. The molecule has 2 rings (SSSR count). The second kappa shape index (κ2) is 6.64. The molecule has 19 heavy (non-hydrogen) atoms. The Labute approximate surface area is 110 Å². The van der Waals surface area contributed by atoms with Gasteiger partial charge in [-0.05, 0) is 6.42 Å². The number of imidazole rings is 1. The van der Waals surface area contributed by atoms with Gasteiger partial charge in [0.1, 0.15) is 12.0 Å². The van der Waals surface area contributed by atoms with E-state index in [1.54, 1.807) is 13.4 Å². The van der Waals surface area contributed by atoms with Crippen molar-refractivity contribution in [2.45, 2.75) is 19.5 Å². The number of methoxy groups -OCH3 is 1. The van der Waals surface area contributed by atoms with Crippen molar-refractivity contribution in [1.29, 1.82) is 0 Å².